The van der Waals surface area contributed by atoms with Gasteiger partial charge >= 0.3 is 0 Å². The van der Waals surface area contributed by atoms with Crippen molar-refractivity contribution in [1.82, 2.24) is 15.0 Å². The van der Waals surface area contributed by atoms with Crippen LogP contribution in [0.2, 0.25) is 0 Å². The normalized spacial score (nSPS) is 11.7. The van der Waals surface area contributed by atoms with Gasteiger partial charge in [0.25, 0.3) is 0 Å². The van der Waals surface area contributed by atoms with Crippen LogP contribution in [0, 0.1) is 0 Å². The van der Waals surface area contributed by atoms with Crippen molar-refractivity contribution >= 4 is 44.3 Å². The summed E-state index contributed by atoms with van der Waals surface area (Å²) in [5, 5.41) is 1.32. The number of rotatable bonds is 2. The molecule has 6 rings (SSSR count). The Bertz CT molecular complexity index is 1580. The zero-order valence-corrected chi connectivity index (χ0v) is 14.3. The number of ether oxygens (including phenoxy) is 1. The first-order chi connectivity index (χ1) is 13.8. The van der Waals surface area contributed by atoms with Crippen molar-refractivity contribution in [3.05, 3.63) is 71.0 Å². The lowest BCUT2D eigenvalue weighted by atomic mass is 10.2. The smallest absolute Gasteiger partial charge is 0.228 e. The largest absolute Gasteiger partial charge is 0.454 e. The van der Waals surface area contributed by atoms with Crippen molar-refractivity contribution in [3.63, 3.8) is 0 Å². The summed E-state index contributed by atoms with van der Waals surface area (Å²) in [7, 11) is 0. The molecule has 0 saturated carbocycles. The molecule has 0 saturated heterocycles. The average Bonchev–Trinajstić information content (AvgIpc) is 3.26. The van der Waals surface area contributed by atoms with E-state index in [1.165, 1.54) is 6.07 Å². The van der Waals surface area contributed by atoms with Crippen molar-refractivity contribution in [1.29, 1.82) is 0 Å². The topological polar surface area (TPSA) is 94.2 Å². The van der Waals surface area contributed by atoms with Crippen LogP contribution in [-0.4, -0.2) is 15.0 Å². The molecule has 5 aromatic heterocycles. The maximum absolute atomic E-state index is 12.2. The van der Waals surface area contributed by atoms with Gasteiger partial charge < -0.3 is 18.6 Å². The molecule has 1 aromatic carbocycles. The molecule has 7 nitrogen and oxygen atoms in total. The molecule has 0 fully saturated rings. The fourth-order valence-corrected chi connectivity index (χ4v) is 3.38. The number of hydrogen-bond acceptors (Lipinski definition) is 6. The highest BCUT2D eigenvalue weighted by molar-refractivity contribution is 6.02. The molecule has 0 aliphatic heterocycles. The SMILES string of the molecule is O=c1cccc2oc3ccc(Oc4ccc5oc6ncccc6c5n4)[nH]c3c12. The predicted molar refractivity (Wildman–Crippen MR) is 104 cm³/mol. The maximum atomic E-state index is 12.2. The van der Waals surface area contributed by atoms with Gasteiger partial charge in [-0.05, 0) is 36.4 Å². The van der Waals surface area contributed by atoms with Crippen LogP contribution >= 0.6 is 0 Å². The molecule has 0 aliphatic carbocycles. The third-order valence-corrected chi connectivity index (χ3v) is 4.62. The number of furan rings is 2. The first-order valence-electron chi connectivity index (χ1n) is 8.63. The van der Waals surface area contributed by atoms with Crippen LogP contribution in [0.25, 0.3) is 44.3 Å². The fourth-order valence-electron chi connectivity index (χ4n) is 3.38. The minimum Gasteiger partial charge on any atom is -0.454 e. The Labute approximate surface area is 156 Å². The van der Waals surface area contributed by atoms with Crippen molar-refractivity contribution in [2.75, 3.05) is 0 Å². The van der Waals surface area contributed by atoms with Gasteiger partial charge in [-0.1, -0.05) is 6.07 Å². The molecule has 0 amide bonds. The van der Waals surface area contributed by atoms with E-state index >= 15 is 0 Å². The Kier molecular flexibility index (Phi) is 2.91. The highest BCUT2D eigenvalue weighted by Gasteiger charge is 2.13. The molecule has 0 radical (unpaired) electrons. The zero-order valence-electron chi connectivity index (χ0n) is 14.3. The Morgan fingerprint density at radius 2 is 1.82 bits per heavy atom. The second-order valence-corrected chi connectivity index (χ2v) is 6.35. The summed E-state index contributed by atoms with van der Waals surface area (Å²) in [5.74, 6) is 0.834. The third-order valence-electron chi connectivity index (χ3n) is 4.62. The molecule has 0 unspecified atom stereocenters. The number of aromatic nitrogens is 3. The molecular weight excluding hydrogens is 358 g/mol. The number of hydrogen-bond donors (Lipinski definition) is 1. The number of aromatic amines is 1. The number of nitrogens with zero attached hydrogens (tertiary/aromatic N) is 2. The molecule has 0 aliphatic rings. The van der Waals surface area contributed by atoms with E-state index in [1.807, 2.05) is 12.1 Å². The molecule has 0 spiro atoms. The number of fused-ring (bicyclic) bond motifs is 6. The maximum Gasteiger partial charge on any atom is 0.228 e. The summed E-state index contributed by atoms with van der Waals surface area (Å²) in [6.45, 7) is 0. The Balaban J connectivity index is 1.48. The minimum absolute atomic E-state index is 0.110. The molecule has 0 bridgehead atoms. The van der Waals surface area contributed by atoms with Gasteiger partial charge in [-0.15, -0.1) is 0 Å². The molecule has 134 valence electrons. The van der Waals surface area contributed by atoms with Crippen LogP contribution in [0.4, 0.5) is 0 Å². The summed E-state index contributed by atoms with van der Waals surface area (Å²) in [6, 6.07) is 15.7. The second kappa shape index (κ2) is 5.43. The van der Waals surface area contributed by atoms with Gasteiger partial charge in [-0.3, -0.25) is 4.79 Å². The van der Waals surface area contributed by atoms with Crippen LogP contribution < -0.4 is 10.2 Å². The quantitative estimate of drug-likeness (QED) is 0.473. The lowest BCUT2D eigenvalue weighted by Gasteiger charge is -2.04. The van der Waals surface area contributed by atoms with Gasteiger partial charge in [0.05, 0.1) is 16.3 Å². The van der Waals surface area contributed by atoms with Crippen molar-refractivity contribution < 1.29 is 13.6 Å². The number of nitrogens with one attached hydrogen (secondary N) is 1. The van der Waals surface area contributed by atoms with Gasteiger partial charge in [0.15, 0.2) is 22.5 Å². The van der Waals surface area contributed by atoms with Gasteiger partial charge in [-0.2, -0.15) is 0 Å². The third kappa shape index (κ3) is 2.13. The summed E-state index contributed by atoms with van der Waals surface area (Å²) in [5.41, 5.74) is 3.45. The van der Waals surface area contributed by atoms with E-state index in [0.29, 0.717) is 50.6 Å². The number of benzene rings is 1. The number of pyridine rings is 3. The standard InChI is InChI=1S/C21H11N3O4/c25-12-4-1-5-13-18(12)20-15(26-13)7-9-17(24-20)28-16-8-6-14-19(23-16)11-3-2-10-22-21(11)27-14/h1-10,24H. The second-order valence-electron chi connectivity index (χ2n) is 6.35. The summed E-state index contributed by atoms with van der Waals surface area (Å²) < 4.78 is 17.3. The van der Waals surface area contributed by atoms with Crippen molar-refractivity contribution in [2.45, 2.75) is 0 Å². The highest BCUT2D eigenvalue weighted by Crippen LogP contribution is 2.30. The van der Waals surface area contributed by atoms with Crippen LogP contribution in [0.1, 0.15) is 0 Å². The molecule has 0 atom stereocenters. The van der Waals surface area contributed by atoms with E-state index in [0.717, 1.165) is 5.39 Å². The molecule has 1 N–H and O–H groups in total. The fraction of sp³-hybridized carbons (Fsp3) is 0. The summed E-state index contributed by atoms with van der Waals surface area (Å²) in [4.78, 5) is 24.1. The van der Waals surface area contributed by atoms with Crippen LogP contribution in [0.5, 0.6) is 11.8 Å². The van der Waals surface area contributed by atoms with E-state index in [2.05, 4.69) is 15.0 Å². The highest BCUT2D eigenvalue weighted by atomic mass is 16.5. The Morgan fingerprint density at radius 1 is 0.893 bits per heavy atom. The summed E-state index contributed by atoms with van der Waals surface area (Å²) in [6.07, 6.45) is 1.67. The molecular formula is C21H11N3O4. The van der Waals surface area contributed by atoms with E-state index in [4.69, 9.17) is 13.6 Å². The zero-order chi connectivity index (χ0) is 18.7. The van der Waals surface area contributed by atoms with E-state index in [9.17, 15) is 4.79 Å². The van der Waals surface area contributed by atoms with E-state index < -0.39 is 0 Å². The molecule has 6 aromatic rings. The number of H-pyrrole nitrogens is 1. The molecule has 5 heterocycles. The average molecular weight is 369 g/mol. The van der Waals surface area contributed by atoms with Crippen molar-refractivity contribution in [2.24, 2.45) is 0 Å². The lowest BCUT2D eigenvalue weighted by molar-refractivity contribution is 0.448. The minimum atomic E-state index is -0.110. The Morgan fingerprint density at radius 3 is 2.79 bits per heavy atom. The van der Waals surface area contributed by atoms with Crippen molar-refractivity contribution in [3.8, 4) is 11.8 Å². The van der Waals surface area contributed by atoms with E-state index in [-0.39, 0.29) is 5.43 Å². The lowest BCUT2D eigenvalue weighted by Crippen LogP contribution is -1.97. The van der Waals surface area contributed by atoms with Crippen LogP contribution in [-0.2, 0) is 0 Å². The van der Waals surface area contributed by atoms with Gasteiger partial charge in [0.1, 0.15) is 11.1 Å². The summed E-state index contributed by atoms with van der Waals surface area (Å²) >= 11 is 0. The van der Waals surface area contributed by atoms with Crippen LogP contribution in [0.3, 0.4) is 0 Å². The predicted octanol–water partition coefficient (Wildman–Crippen LogP) is 4.76. The molecule has 7 heteroatoms. The van der Waals surface area contributed by atoms with Gasteiger partial charge in [-0.25, -0.2) is 9.97 Å². The van der Waals surface area contributed by atoms with Gasteiger partial charge in [0.2, 0.25) is 11.6 Å². The Hall–Kier alpha value is -4.13. The molecule has 28 heavy (non-hydrogen) atoms. The van der Waals surface area contributed by atoms with Gasteiger partial charge in [0, 0.05) is 18.3 Å². The van der Waals surface area contributed by atoms with E-state index in [1.54, 1.807) is 42.6 Å². The monoisotopic (exact) mass is 369 g/mol. The van der Waals surface area contributed by atoms with Crippen LogP contribution in [0.15, 0.2) is 74.4 Å². The first kappa shape index (κ1) is 15.0. The first-order valence-corrected chi connectivity index (χ1v) is 8.63.